The van der Waals surface area contributed by atoms with Gasteiger partial charge in [0.05, 0.1) is 23.6 Å². The van der Waals surface area contributed by atoms with Crippen molar-refractivity contribution in [2.24, 2.45) is 0 Å². The Hall–Kier alpha value is -4.87. The maximum Gasteiger partial charge on any atom is 0.573 e. The van der Waals surface area contributed by atoms with Crippen molar-refractivity contribution in [2.75, 3.05) is 12.0 Å². The van der Waals surface area contributed by atoms with E-state index in [0.29, 0.717) is 11.3 Å². The topological polar surface area (TPSA) is 119 Å². The van der Waals surface area contributed by atoms with E-state index in [0.717, 1.165) is 29.2 Å². The molecule has 0 bridgehead atoms. The molecule has 0 aromatic heterocycles. The van der Waals surface area contributed by atoms with Gasteiger partial charge in [-0.1, -0.05) is 18.2 Å². The average Bonchev–Trinajstić information content (AvgIpc) is 3.13. The van der Waals surface area contributed by atoms with Gasteiger partial charge in [-0.25, -0.2) is 0 Å². The van der Waals surface area contributed by atoms with Crippen molar-refractivity contribution < 1.29 is 42.3 Å². The van der Waals surface area contributed by atoms with Crippen LogP contribution in [0.3, 0.4) is 0 Å². The summed E-state index contributed by atoms with van der Waals surface area (Å²) in [4.78, 5) is 37.6. The Morgan fingerprint density at radius 3 is 2.22 bits per heavy atom. The van der Waals surface area contributed by atoms with Gasteiger partial charge in [0.15, 0.2) is 0 Å². The van der Waals surface area contributed by atoms with E-state index in [4.69, 9.17) is 4.74 Å². The Kier molecular flexibility index (Phi) is 6.58. The number of nitro benzene ring substituents is 1. The predicted octanol–water partition coefficient (Wildman–Crippen LogP) is 5.13. The van der Waals surface area contributed by atoms with Gasteiger partial charge < -0.3 is 14.6 Å². The summed E-state index contributed by atoms with van der Waals surface area (Å²) in [5.74, 6) is -2.97. The largest absolute Gasteiger partial charge is 0.573 e. The highest BCUT2D eigenvalue weighted by molar-refractivity contribution is 6.51. The number of hydrogen-bond donors (Lipinski definition) is 1. The number of aliphatic hydroxyl groups is 1. The van der Waals surface area contributed by atoms with Gasteiger partial charge in [0.1, 0.15) is 17.3 Å². The third-order valence-electron chi connectivity index (χ3n) is 5.56. The molecule has 190 valence electrons. The number of carbonyl (C=O) groups excluding carboxylic acids is 2. The molecule has 37 heavy (non-hydrogen) atoms. The van der Waals surface area contributed by atoms with Crippen molar-refractivity contribution in [3.8, 4) is 11.5 Å². The van der Waals surface area contributed by atoms with E-state index < -0.39 is 40.5 Å². The van der Waals surface area contributed by atoms with E-state index in [2.05, 4.69) is 4.74 Å². The molecule has 0 radical (unpaired) electrons. The summed E-state index contributed by atoms with van der Waals surface area (Å²) in [6, 6.07) is 14.1. The van der Waals surface area contributed by atoms with Gasteiger partial charge in [-0.3, -0.25) is 24.6 Å². The molecule has 12 heteroatoms. The first-order chi connectivity index (χ1) is 17.5. The molecule has 9 nitrogen and oxygen atoms in total. The molecule has 1 aliphatic heterocycles. The van der Waals surface area contributed by atoms with Crippen LogP contribution in [0.4, 0.5) is 24.5 Å². The summed E-state index contributed by atoms with van der Waals surface area (Å²) in [7, 11) is 1.43. The monoisotopic (exact) mass is 514 g/mol. The molecule has 1 unspecified atom stereocenters. The molecular formula is C25H17F3N2O7. The molecule has 0 aliphatic carbocycles. The highest BCUT2D eigenvalue weighted by Crippen LogP contribution is 2.43. The van der Waals surface area contributed by atoms with Gasteiger partial charge in [0.25, 0.3) is 17.4 Å². The predicted molar refractivity (Wildman–Crippen MR) is 124 cm³/mol. The molecule has 0 saturated carbocycles. The summed E-state index contributed by atoms with van der Waals surface area (Å²) in [5.41, 5.74) is -0.342. The molecule has 0 spiro atoms. The lowest BCUT2D eigenvalue weighted by Crippen LogP contribution is -2.29. The molecule has 1 atom stereocenters. The van der Waals surface area contributed by atoms with Gasteiger partial charge in [0, 0.05) is 29.4 Å². The minimum Gasteiger partial charge on any atom is -0.507 e. The summed E-state index contributed by atoms with van der Waals surface area (Å²) in [5, 5.41) is 22.0. The molecule has 4 rings (SSSR count). The quantitative estimate of drug-likeness (QED) is 0.159. The number of non-ortho nitro benzene ring substituents is 1. The summed E-state index contributed by atoms with van der Waals surface area (Å²) >= 11 is 0. The van der Waals surface area contributed by atoms with Crippen LogP contribution < -0.4 is 14.4 Å². The van der Waals surface area contributed by atoms with Crippen LogP contribution in [0.1, 0.15) is 17.2 Å². The number of ether oxygens (including phenoxy) is 2. The lowest BCUT2D eigenvalue weighted by molar-refractivity contribution is -0.384. The number of nitro groups is 1. The van der Waals surface area contributed by atoms with E-state index in [9.17, 15) is 38.0 Å². The Morgan fingerprint density at radius 1 is 1.00 bits per heavy atom. The van der Waals surface area contributed by atoms with E-state index in [1.165, 1.54) is 43.5 Å². The minimum absolute atomic E-state index is 0.0243. The van der Waals surface area contributed by atoms with Crippen LogP contribution in [0.5, 0.6) is 11.5 Å². The lowest BCUT2D eigenvalue weighted by atomic mass is 9.95. The normalized spacial score (nSPS) is 17.1. The van der Waals surface area contributed by atoms with Gasteiger partial charge in [-0.05, 0) is 42.0 Å². The standard InChI is InChI=1S/C25H17F3N2O7/c1-36-18-11-7-14(8-12-18)21-20(22(31)15-5-9-16(10-6-15)30(34)35)23(32)24(33)29(21)17-3-2-4-19(13-17)37-25(26,27)28/h2-13,21,31H,1H3/b22-20+. The first-order valence-corrected chi connectivity index (χ1v) is 10.6. The number of aliphatic hydroxyl groups excluding tert-OH is 1. The molecular weight excluding hydrogens is 497 g/mol. The van der Waals surface area contributed by atoms with Crippen LogP contribution in [0.15, 0.2) is 78.4 Å². The number of nitrogens with zero attached hydrogens (tertiary/aromatic N) is 2. The van der Waals surface area contributed by atoms with Gasteiger partial charge in [0.2, 0.25) is 0 Å². The zero-order valence-electron chi connectivity index (χ0n) is 18.9. The molecule has 1 saturated heterocycles. The number of benzene rings is 3. The Morgan fingerprint density at radius 2 is 1.65 bits per heavy atom. The van der Waals surface area contributed by atoms with E-state index in [-0.39, 0.29) is 22.5 Å². The highest BCUT2D eigenvalue weighted by atomic mass is 19.4. The van der Waals surface area contributed by atoms with Crippen LogP contribution >= 0.6 is 0 Å². The number of rotatable bonds is 6. The highest BCUT2D eigenvalue weighted by Gasteiger charge is 2.47. The number of halogens is 3. The van der Waals surface area contributed by atoms with Crippen molar-refractivity contribution in [3.63, 3.8) is 0 Å². The number of methoxy groups -OCH3 is 1. The molecule has 1 fully saturated rings. The average molecular weight is 514 g/mol. The molecule has 1 aliphatic rings. The number of hydrogen-bond acceptors (Lipinski definition) is 7. The van der Waals surface area contributed by atoms with Crippen LogP contribution in [-0.2, 0) is 9.59 Å². The lowest BCUT2D eigenvalue weighted by Gasteiger charge is -2.26. The summed E-state index contributed by atoms with van der Waals surface area (Å²) < 4.78 is 47.4. The maximum absolute atomic E-state index is 13.2. The molecule has 1 amide bonds. The van der Waals surface area contributed by atoms with Crippen molar-refractivity contribution in [3.05, 3.63) is 99.6 Å². The maximum atomic E-state index is 13.2. The van der Waals surface area contributed by atoms with Gasteiger partial charge >= 0.3 is 6.36 Å². The Bertz CT molecular complexity index is 1400. The van der Waals surface area contributed by atoms with Crippen molar-refractivity contribution in [2.45, 2.75) is 12.4 Å². The van der Waals surface area contributed by atoms with Gasteiger partial charge in [-0.15, -0.1) is 13.2 Å². The summed E-state index contributed by atoms with van der Waals surface area (Å²) in [6.07, 6.45) is -4.99. The zero-order valence-corrected chi connectivity index (χ0v) is 18.9. The number of carbonyl (C=O) groups is 2. The van der Waals surface area contributed by atoms with Crippen LogP contribution in [-0.4, -0.2) is 35.2 Å². The zero-order chi connectivity index (χ0) is 26.9. The number of Topliss-reactive ketones (excluding diaryl/α,β-unsaturated/α-hetero) is 1. The van der Waals surface area contributed by atoms with E-state index >= 15 is 0 Å². The van der Waals surface area contributed by atoms with Crippen molar-refractivity contribution in [1.82, 2.24) is 0 Å². The Labute approximate surface area is 207 Å². The molecule has 3 aromatic carbocycles. The number of alkyl halides is 3. The second-order valence-corrected chi connectivity index (χ2v) is 7.79. The first-order valence-electron chi connectivity index (χ1n) is 10.6. The fourth-order valence-corrected chi connectivity index (χ4v) is 3.93. The number of amides is 1. The van der Waals surface area contributed by atoms with E-state index in [1.807, 2.05) is 0 Å². The molecule has 1 N–H and O–H groups in total. The minimum atomic E-state index is -4.99. The van der Waals surface area contributed by atoms with Crippen LogP contribution in [0.2, 0.25) is 0 Å². The smallest absolute Gasteiger partial charge is 0.507 e. The van der Waals surface area contributed by atoms with E-state index in [1.54, 1.807) is 12.1 Å². The summed E-state index contributed by atoms with van der Waals surface area (Å²) in [6.45, 7) is 0. The SMILES string of the molecule is COc1ccc(C2/C(=C(\O)c3ccc([N+](=O)[O-])cc3)C(=O)C(=O)N2c2cccc(OC(F)(F)F)c2)cc1. The van der Waals surface area contributed by atoms with Crippen molar-refractivity contribution in [1.29, 1.82) is 0 Å². The van der Waals surface area contributed by atoms with Crippen LogP contribution in [0.25, 0.3) is 5.76 Å². The third-order valence-corrected chi connectivity index (χ3v) is 5.56. The fourth-order valence-electron chi connectivity index (χ4n) is 3.93. The first kappa shape index (κ1) is 25.2. The number of anilines is 1. The third kappa shape index (κ3) is 5.08. The fraction of sp³-hybridized carbons (Fsp3) is 0.120. The van der Waals surface area contributed by atoms with Crippen LogP contribution in [0, 0.1) is 10.1 Å². The Balaban J connectivity index is 1.88. The molecule has 1 heterocycles. The van der Waals surface area contributed by atoms with Gasteiger partial charge in [-0.2, -0.15) is 0 Å². The second kappa shape index (κ2) is 9.64. The second-order valence-electron chi connectivity index (χ2n) is 7.79. The molecule has 3 aromatic rings. The number of ketones is 1. The van der Waals surface area contributed by atoms with Crippen molar-refractivity contribution >= 4 is 28.8 Å².